The molecule has 3 heteroatoms. The van der Waals surface area contributed by atoms with Gasteiger partial charge in [0.15, 0.2) is 0 Å². The van der Waals surface area contributed by atoms with Crippen LogP contribution in [0, 0.1) is 0 Å². The summed E-state index contributed by atoms with van der Waals surface area (Å²) in [5.41, 5.74) is 3.35. The second-order valence-electron chi connectivity index (χ2n) is 6.42. The van der Waals surface area contributed by atoms with E-state index in [2.05, 4.69) is 47.8 Å². The Morgan fingerprint density at radius 1 is 0.741 bits per heavy atom. The van der Waals surface area contributed by atoms with Gasteiger partial charge in [0, 0.05) is 17.6 Å². The molecule has 0 fully saturated rings. The Balaban J connectivity index is 1.43. The number of nitrogens with one attached hydrogen (secondary N) is 1. The number of hydrogen-bond acceptors (Lipinski definition) is 2. The van der Waals surface area contributed by atoms with E-state index in [1.165, 1.54) is 10.8 Å². The van der Waals surface area contributed by atoms with Gasteiger partial charge in [0.25, 0.3) is 0 Å². The smallest absolute Gasteiger partial charge is 0.138 e. The molecule has 2 nitrogen and oxygen atoms in total. The highest BCUT2D eigenvalue weighted by Crippen LogP contribution is 2.28. The van der Waals surface area contributed by atoms with Crippen molar-refractivity contribution in [3.05, 3.63) is 107 Å². The zero-order chi connectivity index (χ0) is 18.5. The number of hydrogen-bond donors (Lipinski definition) is 1. The third-order valence-corrected chi connectivity index (χ3v) is 4.80. The van der Waals surface area contributed by atoms with Crippen molar-refractivity contribution in [1.82, 2.24) is 0 Å². The second kappa shape index (κ2) is 8.15. The summed E-state index contributed by atoms with van der Waals surface area (Å²) in [5, 5.41) is 6.58. The van der Waals surface area contributed by atoms with Gasteiger partial charge in [0.1, 0.15) is 12.4 Å². The summed E-state index contributed by atoms with van der Waals surface area (Å²) in [6.45, 7) is 1.21. The number of halogens is 1. The highest BCUT2D eigenvalue weighted by molar-refractivity contribution is 6.32. The Morgan fingerprint density at radius 2 is 1.52 bits per heavy atom. The highest BCUT2D eigenvalue weighted by Gasteiger charge is 2.05. The molecule has 0 spiro atoms. The van der Waals surface area contributed by atoms with Gasteiger partial charge in [0.05, 0.1) is 5.02 Å². The van der Waals surface area contributed by atoms with Gasteiger partial charge in [-0.05, 0) is 34.7 Å². The van der Waals surface area contributed by atoms with Gasteiger partial charge < -0.3 is 10.1 Å². The van der Waals surface area contributed by atoms with Crippen LogP contribution in [-0.2, 0) is 13.2 Å². The number of benzene rings is 4. The van der Waals surface area contributed by atoms with Crippen LogP contribution in [-0.4, -0.2) is 0 Å². The molecule has 0 bridgehead atoms. The van der Waals surface area contributed by atoms with Crippen LogP contribution >= 0.6 is 11.6 Å². The Labute approximate surface area is 164 Å². The van der Waals surface area contributed by atoms with Crippen LogP contribution < -0.4 is 10.1 Å². The lowest BCUT2D eigenvalue weighted by atomic mass is 10.1. The maximum atomic E-state index is 6.42. The van der Waals surface area contributed by atoms with Crippen LogP contribution in [0.3, 0.4) is 0 Å². The normalized spacial score (nSPS) is 10.7. The fourth-order valence-corrected chi connectivity index (χ4v) is 3.34. The summed E-state index contributed by atoms with van der Waals surface area (Å²) < 4.78 is 5.85. The number of rotatable bonds is 6. The second-order valence-corrected chi connectivity index (χ2v) is 6.83. The molecule has 134 valence electrons. The van der Waals surface area contributed by atoms with Crippen molar-refractivity contribution in [2.24, 2.45) is 0 Å². The minimum absolute atomic E-state index is 0.508. The maximum absolute atomic E-state index is 6.42. The van der Waals surface area contributed by atoms with Crippen LogP contribution in [0.4, 0.5) is 5.69 Å². The van der Waals surface area contributed by atoms with Gasteiger partial charge in [-0.15, -0.1) is 0 Å². The molecule has 0 aliphatic heterocycles. The van der Waals surface area contributed by atoms with E-state index < -0.39 is 0 Å². The molecule has 4 aromatic carbocycles. The summed E-state index contributed by atoms with van der Waals surface area (Å²) in [7, 11) is 0. The van der Waals surface area contributed by atoms with E-state index in [1.54, 1.807) is 0 Å². The van der Waals surface area contributed by atoms with Crippen molar-refractivity contribution in [2.75, 3.05) is 5.32 Å². The fraction of sp³-hybridized carbons (Fsp3) is 0.0833. The highest BCUT2D eigenvalue weighted by atomic mass is 35.5. The molecule has 0 saturated heterocycles. The van der Waals surface area contributed by atoms with Crippen molar-refractivity contribution in [3.63, 3.8) is 0 Å². The summed E-state index contributed by atoms with van der Waals surface area (Å²) in [6.07, 6.45) is 0. The van der Waals surface area contributed by atoms with Crippen molar-refractivity contribution >= 4 is 28.1 Å². The molecule has 0 atom stereocenters. The van der Waals surface area contributed by atoms with Gasteiger partial charge in [-0.25, -0.2) is 0 Å². The minimum atomic E-state index is 0.508. The van der Waals surface area contributed by atoms with Crippen molar-refractivity contribution in [2.45, 2.75) is 13.2 Å². The zero-order valence-electron chi connectivity index (χ0n) is 14.9. The predicted octanol–water partition coefficient (Wildman–Crippen LogP) is 6.68. The first-order chi connectivity index (χ1) is 13.3. The van der Waals surface area contributed by atoms with Crippen LogP contribution in [0.1, 0.15) is 11.1 Å². The monoisotopic (exact) mass is 373 g/mol. The molecule has 27 heavy (non-hydrogen) atoms. The lowest BCUT2D eigenvalue weighted by Gasteiger charge is -2.12. The molecule has 0 radical (unpaired) electrons. The molecule has 0 aromatic heterocycles. The van der Waals surface area contributed by atoms with Gasteiger partial charge in [-0.3, -0.25) is 0 Å². The average Bonchev–Trinajstić information content (AvgIpc) is 2.72. The molecule has 0 saturated carbocycles. The van der Waals surface area contributed by atoms with E-state index >= 15 is 0 Å². The number of ether oxygens (including phenoxy) is 1. The van der Waals surface area contributed by atoms with Gasteiger partial charge in [-0.2, -0.15) is 0 Å². The lowest BCUT2D eigenvalue weighted by molar-refractivity contribution is 0.306. The van der Waals surface area contributed by atoms with Gasteiger partial charge >= 0.3 is 0 Å². The quantitative estimate of drug-likeness (QED) is 0.406. The zero-order valence-corrected chi connectivity index (χ0v) is 15.6. The topological polar surface area (TPSA) is 21.3 Å². The molecule has 0 aliphatic carbocycles. The first-order valence-electron chi connectivity index (χ1n) is 8.96. The van der Waals surface area contributed by atoms with Crippen molar-refractivity contribution in [1.29, 1.82) is 0 Å². The molecule has 0 amide bonds. The third kappa shape index (κ3) is 4.24. The molecular weight excluding hydrogens is 354 g/mol. The molecule has 0 aliphatic rings. The standard InChI is InChI=1S/C24H20ClNO/c25-22-15-19(13-14-24(22)27-17-18-7-2-1-3-8-18)16-26-23-12-6-10-20-9-4-5-11-21(20)23/h1-15,26H,16-17H2. The largest absolute Gasteiger partial charge is 0.487 e. The first-order valence-corrected chi connectivity index (χ1v) is 9.34. The predicted molar refractivity (Wildman–Crippen MR) is 114 cm³/mol. The van der Waals surface area contributed by atoms with Crippen LogP contribution in [0.2, 0.25) is 5.02 Å². The Hall–Kier alpha value is -2.97. The van der Waals surface area contributed by atoms with Crippen molar-refractivity contribution in [3.8, 4) is 5.75 Å². The van der Waals surface area contributed by atoms with Crippen LogP contribution in [0.25, 0.3) is 10.8 Å². The number of fused-ring (bicyclic) bond motifs is 1. The summed E-state index contributed by atoms with van der Waals surface area (Å²) in [4.78, 5) is 0. The summed E-state index contributed by atoms with van der Waals surface area (Å²) in [6, 6.07) is 30.7. The lowest BCUT2D eigenvalue weighted by Crippen LogP contribution is -2.01. The molecular formula is C24H20ClNO. The van der Waals surface area contributed by atoms with E-state index in [4.69, 9.17) is 16.3 Å². The third-order valence-electron chi connectivity index (χ3n) is 4.51. The van der Waals surface area contributed by atoms with Crippen molar-refractivity contribution < 1.29 is 4.74 Å². The molecule has 4 aromatic rings. The molecule has 1 N–H and O–H groups in total. The molecule has 4 rings (SSSR count). The average molecular weight is 374 g/mol. The molecule has 0 heterocycles. The molecule has 0 unspecified atom stereocenters. The summed E-state index contributed by atoms with van der Waals surface area (Å²) in [5.74, 6) is 0.703. The van der Waals surface area contributed by atoms with E-state index in [-0.39, 0.29) is 0 Å². The summed E-state index contributed by atoms with van der Waals surface area (Å²) >= 11 is 6.42. The minimum Gasteiger partial charge on any atom is -0.487 e. The Kier molecular flexibility index (Phi) is 5.27. The van der Waals surface area contributed by atoms with Gasteiger partial charge in [0.2, 0.25) is 0 Å². The van der Waals surface area contributed by atoms with Gasteiger partial charge in [-0.1, -0.05) is 84.4 Å². The van der Waals surface area contributed by atoms with E-state index in [0.717, 1.165) is 16.8 Å². The SMILES string of the molecule is Clc1cc(CNc2cccc3ccccc23)ccc1OCc1ccccc1. The Morgan fingerprint density at radius 3 is 2.37 bits per heavy atom. The first kappa shape index (κ1) is 17.4. The van der Waals surface area contributed by atoms with E-state index in [9.17, 15) is 0 Å². The fourth-order valence-electron chi connectivity index (χ4n) is 3.08. The Bertz CT molecular complexity index is 1040. The van der Waals surface area contributed by atoms with E-state index in [0.29, 0.717) is 23.9 Å². The van der Waals surface area contributed by atoms with E-state index in [1.807, 2.05) is 48.5 Å². The van der Waals surface area contributed by atoms with Crippen LogP contribution in [0.5, 0.6) is 5.75 Å². The number of anilines is 1. The maximum Gasteiger partial charge on any atom is 0.138 e. The van der Waals surface area contributed by atoms with Crippen LogP contribution in [0.15, 0.2) is 91.0 Å².